The number of sulfonamides is 1. The summed E-state index contributed by atoms with van der Waals surface area (Å²) in [7, 11) is -4.62. The lowest BCUT2D eigenvalue weighted by Gasteiger charge is -2.39. The zero-order valence-electron chi connectivity index (χ0n) is 36.7. The van der Waals surface area contributed by atoms with Crippen LogP contribution in [0.4, 0.5) is 21.9 Å². The molecular weight excluding hydrogens is 880 g/mol. The SMILES string of the molecule is CC1(C)CCC(CN2CCN(c3ccc(C(=O)NS(=O)(=O)c4ccc(N[C@H]5CCN(C(=O)OC(C)(C)C)C5)c([N+](=O)[O-])c4)c(Oc4cccc(Cl)c4)c3)CC2)=C(c2ccc(Cl)cc2)C1. The van der Waals surface area contributed by atoms with E-state index in [1.165, 1.54) is 39.8 Å². The van der Waals surface area contributed by atoms with Gasteiger partial charge in [0.05, 0.1) is 15.4 Å². The van der Waals surface area contributed by atoms with Gasteiger partial charge >= 0.3 is 6.09 Å². The average Bonchev–Trinajstić information content (AvgIpc) is 3.70. The smallest absolute Gasteiger partial charge is 0.410 e. The largest absolute Gasteiger partial charge is 0.456 e. The molecule has 0 aromatic heterocycles. The molecule has 2 aliphatic heterocycles. The number of ether oxygens (including phenoxy) is 2. The van der Waals surface area contributed by atoms with Gasteiger partial charge in [0.25, 0.3) is 21.6 Å². The van der Waals surface area contributed by atoms with Gasteiger partial charge in [0.2, 0.25) is 0 Å². The Morgan fingerprint density at radius 1 is 0.922 bits per heavy atom. The molecule has 0 saturated carbocycles. The van der Waals surface area contributed by atoms with Crippen molar-refractivity contribution < 1.29 is 32.4 Å². The van der Waals surface area contributed by atoms with E-state index < -0.39 is 43.1 Å². The number of benzene rings is 4. The normalized spacial score (nSPS) is 18.1. The van der Waals surface area contributed by atoms with E-state index in [0.717, 1.165) is 55.7 Å². The summed E-state index contributed by atoms with van der Waals surface area (Å²) >= 11 is 12.5. The predicted octanol–water partition coefficient (Wildman–Crippen LogP) is 10.0. The van der Waals surface area contributed by atoms with Crippen molar-refractivity contribution in [2.24, 2.45) is 5.41 Å². The molecule has 1 atom stereocenters. The topological polar surface area (TPSA) is 164 Å². The molecule has 0 unspecified atom stereocenters. The number of rotatable bonds is 12. The molecule has 2 saturated heterocycles. The highest BCUT2D eigenvalue weighted by Crippen LogP contribution is 2.43. The second-order valence-electron chi connectivity index (χ2n) is 18.4. The monoisotopic (exact) mass is 932 g/mol. The summed E-state index contributed by atoms with van der Waals surface area (Å²) in [6, 6.07) is 22.7. The van der Waals surface area contributed by atoms with Gasteiger partial charge in [-0.1, -0.05) is 60.8 Å². The molecule has 2 heterocycles. The first kappa shape index (κ1) is 46.6. The lowest BCUT2D eigenvalue weighted by atomic mass is 9.72. The van der Waals surface area contributed by atoms with Crippen LogP contribution in [0.1, 0.15) is 76.2 Å². The fraction of sp³-hybridized carbons (Fsp3) is 0.404. The van der Waals surface area contributed by atoms with E-state index in [1.807, 2.05) is 12.1 Å². The maximum Gasteiger partial charge on any atom is 0.410 e. The Morgan fingerprint density at radius 3 is 2.34 bits per heavy atom. The van der Waals surface area contributed by atoms with Crippen LogP contribution >= 0.6 is 23.2 Å². The van der Waals surface area contributed by atoms with E-state index >= 15 is 0 Å². The lowest BCUT2D eigenvalue weighted by Crippen LogP contribution is -2.47. The minimum absolute atomic E-state index is 0.0674. The van der Waals surface area contributed by atoms with Crippen molar-refractivity contribution in [1.82, 2.24) is 14.5 Å². The molecule has 1 aliphatic carbocycles. The molecule has 3 aliphatic rings. The van der Waals surface area contributed by atoms with Crippen LogP contribution in [0, 0.1) is 15.5 Å². The Kier molecular flexibility index (Phi) is 13.9. The number of hydrogen-bond acceptors (Lipinski definition) is 11. The Bertz CT molecular complexity index is 2550. The first-order valence-corrected chi connectivity index (χ1v) is 23.6. The van der Waals surface area contributed by atoms with Crippen molar-refractivity contribution in [3.8, 4) is 11.5 Å². The van der Waals surface area contributed by atoms with E-state index in [-0.39, 0.29) is 35.0 Å². The van der Waals surface area contributed by atoms with Crippen LogP contribution in [0.2, 0.25) is 10.0 Å². The summed E-state index contributed by atoms with van der Waals surface area (Å²) < 4.78 is 41.2. The number of anilines is 2. The Balaban J connectivity index is 1.06. The van der Waals surface area contributed by atoms with Crippen LogP contribution in [-0.2, 0) is 14.8 Å². The molecule has 4 aromatic carbocycles. The van der Waals surface area contributed by atoms with E-state index in [1.54, 1.807) is 57.2 Å². The van der Waals surface area contributed by atoms with Crippen molar-refractivity contribution in [2.45, 2.75) is 76.8 Å². The molecule has 0 spiro atoms. The van der Waals surface area contributed by atoms with E-state index in [9.17, 15) is 28.1 Å². The van der Waals surface area contributed by atoms with Crippen LogP contribution in [0.5, 0.6) is 11.5 Å². The fourth-order valence-corrected chi connectivity index (χ4v) is 9.61. The number of nitrogens with zero attached hydrogens (tertiary/aromatic N) is 4. The third-order valence-electron chi connectivity index (χ3n) is 11.7. The standard InChI is InChI=1S/C47H54Cl2N6O8S/c1-46(2,3)63-45(57)54-20-18-35(30-54)50-41-16-14-38(27-42(41)55(58)59)64(60,61)51-44(56)39-15-13-36(26-43(39)62-37-8-6-7-34(49)25-37)53-23-21-52(22-24-53)29-32-17-19-47(4,5)28-40(32)31-9-11-33(48)12-10-31/h6-16,25-27,35,50H,17-24,28-30H2,1-5H3,(H,51,56)/t35-/m0/s1. The van der Waals surface area contributed by atoms with Gasteiger partial charge < -0.3 is 24.6 Å². The van der Waals surface area contributed by atoms with Crippen molar-refractivity contribution >= 4 is 67.9 Å². The summed E-state index contributed by atoms with van der Waals surface area (Å²) in [6.45, 7) is 14.4. The van der Waals surface area contributed by atoms with Crippen LogP contribution < -0.4 is 19.7 Å². The summed E-state index contributed by atoms with van der Waals surface area (Å²) in [4.78, 5) is 43.7. The second kappa shape index (κ2) is 19.0. The van der Waals surface area contributed by atoms with Gasteiger partial charge in [0.1, 0.15) is 22.8 Å². The van der Waals surface area contributed by atoms with Gasteiger partial charge in [0.15, 0.2) is 0 Å². The highest BCUT2D eigenvalue weighted by Gasteiger charge is 2.33. The van der Waals surface area contributed by atoms with Crippen molar-refractivity contribution in [1.29, 1.82) is 0 Å². The third kappa shape index (κ3) is 11.7. The zero-order valence-corrected chi connectivity index (χ0v) is 39.0. The second-order valence-corrected chi connectivity index (χ2v) is 20.9. The summed E-state index contributed by atoms with van der Waals surface area (Å²) in [6.07, 6.45) is 3.16. The maximum atomic E-state index is 13.9. The van der Waals surface area contributed by atoms with Crippen LogP contribution in [0.15, 0.2) is 95.4 Å². The Hall–Kier alpha value is -5.35. The van der Waals surface area contributed by atoms with Gasteiger partial charge in [-0.3, -0.25) is 19.8 Å². The average molecular weight is 934 g/mol. The summed E-state index contributed by atoms with van der Waals surface area (Å²) in [5.74, 6) is -0.561. The highest BCUT2D eigenvalue weighted by atomic mass is 35.5. The van der Waals surface area contributed by atoms with Gasteiger partial charge in [-0.2, -0.15) is 0 Å². The number of carbonyl (C=O) groups is 2. The highest BCUT2D eigenvalue weighted by molar-refractivity contribution is 7.90. The van der Waals surface area contributed by atoms with Gasteiger partial charge in [-0.05, 0) is 118 Å². The number of nitro benzene ring substituents is 1. The zero-order chi connectivity index (χ0) is 46.0. The van der Waals surface area contributed by atoms with Crippen molar-refractivity contribution in [3.05, 3.63) is 122 Å². The van der Waals surface area contributed by atoms with E-state index in [0.29, 0.717) is 36.8 Å². The van der Waals surface area contributed by atoms with Gasteiger partial charge in [-0.15, -0.1) is 0 Å². The molecule has 0 radical (unpaired) electrons. The van der Waals surface area contributed by atoms with Gasteiger partial charge in [0, 0.05) is 79.7 Å². The molecule has 64 heavy (non-hydrogen) atoms. The van der Waals surface area contributed by atoms with E-state index in [4.69, 9.17) is 32.7 Å². The molecule has 7 rings (SSSR count). The van der Waals surface area contributed by atoms with Crippen molar-refractivity contribution in [3.63, 3.8) is 0 Å². The first-order chi connectivity index (χ1) is 30.2. The number of nitro groups is 1. The summed E-state index contributed by atoms with van der Waals surface area (Å²) in [5, 5.41) is 16.4. The molecule has 14 nitrogen and oxygen atoms in total. The number of amides is 2. The molecular formula is C47H54Cl2N6O8S. The van der Waals surface area contributed by atoms with Crippen LogP contribution in [0.3, 0.4) is 0 Å². The first-order valence-electron chi connectivity index (χ1n) is 21.3. The Morgan fingerprint density at radius 2 is 1.66 bits per heavy atom. The molecule has 2 N–H and O–H groups in total. The molecule has 2 fully saturated rings. The maximum absolute atomic E-state index is 13.9. The molecule has 4 aromatic rings. The predicted molar refractivity (Wildman–Crippen MR) is 250 cm³/mol. The number of piperazine rings is 1. The minimum atomic E-state index is -4.62. The molecule has 2 amide bonds. The number of carbonyl (C=O) groups excluding carboxylic acids is 2. The van der Waals surface area contributed by atoms with Crippen LogP contribution in [0.25, 0.3) is 5.57 Å². The molecule has 340 valence electrons. The third-order valence-corrected chi connectivity index (χ3v) is 13.5. The lowest BCUT2D eigenvalue weighted by molar-refractivity contribution is -0.384. The number of likely N-dealkylation sites (tertiary alicyclic amines) is 1. The van der Waals surface area contributed by atoms with Gasteiger partial charge in [-0.25, -0.2) is 17.9 Å². The number of nitrogens with one attached hydrogen (secondary N) is 2. The minimum Gasteiger partial charge on any atom is -0.456 e. The number of allylic oxidation sites excluding steroid dienone is 1. The quantitative estimate of drug-likeness (QED) is 0.103. The number of halogens is 2. The Labute approximate surface area is 384 Å². The van der Waals surface area contributed by atoms with E-state index in [2.05, 4.69) is 45.8 Å². The molecule has 17 heteroatoms. The molecule has 0 bridgehead atoms. The van der Waals surface area contributed by atoms with Crippen molar-refractivity contribution in [2.75, 3.05) is 56.0 Å². The van der Waals surface area contributed by atoms with Crippen LogP contribution in [-0.4, -0.2) is 92.6 Å². The summed E-state index contributed by atoms with van der Waals surface area (Å²) in [5.41, 5.74) is 3.87. The fourth-order valence-electron chi connectivity index (χ4n) is 8.31. The number of hydrogen-bond donors (Lipinski definition) is 2.